The normalized spacial score (nSPS) is 11.7. The molecule has 3 heterocycles. The van der Waals surface area contributed by atoms with E-state index in [0.29, 0.717) is 5.89 Å². The second kappa shape index (κ2) is 12.3. The quantitative estimate of drug-likeness (QED) is 0.172. The van der Waals surface area contributed by atoms with Crippen LogP contribution in [0.25, 0.3) is 86.9 Å². The van der Waals surface area contributed by atoms with Crippen molar-refractivity contribution in [1.82, 2.24) is 4.98 Å². The minimum Gasteiger partial charge on any atom is -0.456 e. The van der Waals surface area contributed by atoms with Crippen LogP contribution >= 0.6 is 11.3 Å². The van der Waals surface area contributed by atoms with Gasteiger partial charge in [-0.1, -0.05) is 103 Å². The highest BCUT2D eigenvalue weighted by atomic mass is 32.1. The van der Waals surface area contributed by atoms with E-state index >= 15 is 0 Å². The lowest BCUT2D eigenvalue weighted by atomic mass is 9.99. The molecule has 0 amide bonds. The maximum atomic E-state index is 6.48. The minimum atomic E-state index is 0.593. The predicted molar refractivity (Wildman–Crippen MR) is 225 cm³/mol. The minimum absolute atomic E-state index is 0.593. The summed E-state index contributed by atoms with van der Waals surface area (Å²) in [4.78, 5) is 7.17. The molecule has 0 spiro atoms. The number of rotatable bonds is 6. The SMILES string of the molecule is c1ccc(-c2ccc(N(c3ccc(-c4cccc5sc6ccccc6c45)cc3)c3ccc4oc5ccc6nc(-c7ccccc7)oc6c5c4c3)cc2)cc1. The van der Waals surface area contributed by atoms with Gasteiger partial charge in [0.2, 0.25) is 5.89 Å². The molecule has 0 aliphatic carbocycles. The molecule has 5 heteroatoms. The number of fused-ring (bicyclic) bond motifs is 8. The van der Waals surface area contributed by atoms with E-state index in [-0.39, 0.29) is 0 Å². The first-order valence-electron chi connectivity index (χ1n) is 18.0. The van der Waals surface area contributed by atoms with Crippen molar-refractivity contribution >= 4 is 81.6 Å². The van der Waals surface area contributed by atoms with Crippen LogP contribution in [0.1, 0.15) is 0 Å². The molecule has 0 N–H and O–H groups in total. The lowest BCUT2D eigenvalue weighted by Gasteiger charge is -2.26. The van der Waals surface area contributed by atoms with Gasteiger partial charge in [0, 0.05) is 48.2 Å². The number of aromatic nitrogens is 1. The van der Waals surface area contributed by atoms with E-state index in [1.165, 1.54) is 42.4 Å². The van der Waals surface area contributed by atoms with Crippen molar-refractivity contribution < 1.29 is 8.83 Å². The number of benzene rings is 8. The maximum Gasteiger partial charge on any atom is 0.227 e. The molecule has 4 nitrogen and oxygen atoms in total. The zero-order valence-electron chi connectivity index (χ0n) is 28.9. The molecule has 11 aromatic rings. The Kier molecular flexibility index (Phi) is 7.00. The Hall–Kier alpha value is -6.95. The van der Waals surface area contributed by atoms with Crippen LogP contribution in [-0.4, -0.2) is 4.98 Å². The lowest BCUT2D eigenvalue weighted by Crippen LogP contribution is -2.09. The van der Waals surface area contributed by atoms with Crippen LogP contribution in [0.5, 0.6) is 0 Å². The zero-order chi connectivity index (χ0) is 35.6. The first-order valence-corrected chi connectivity index (χ1v) is 18.8. The van der Waals surface area contributed by atoms with E-state index in [9.17, 15) is 0 Å². The third-order valence-corrected chi connectivity index (χ3v) is 11.5. The Labute approximate surface area is 314 Å². The molecule has 3 aromatic heterocycles. The number of furan rings is 1. The van der Waals surface area contributed by atoms with Crippen LogP contribution in [0.2, 0.25) is 0 Å². The van der Waals surface area contributed by atoms with Crippen molar-refractivity contribution in [3.8, 4) is 33.7 Å². The topological polar surface area (TPSA) is 42.4 Å². The Morgan fingerprint density at radius 1 is 0.426 bits per heavy atom. The van der Waals surface area contributed by atoms with E-state index in [4.69, 9.17) is 13.8 Å². The Bertz CT molecular complexity index is 3140. The highest BCUT2D eigenvalue weighted by molar-refractivity contribution is 7.25. The van der Waals surface area contributed by atoms with Gasteiger partial charge in [-0.2, -0.15) is 0 Å². The van der Waals surface area contributed by atoms with Crippen LogP contribution in [0, 0.1) is 0 Å². The van der Waals surface area contributed by atoms with Gasteiger partial charge in [-0.15, -0.1) is 11.3 Å². The van der Waals surface area contributed by atoms with Gasteiger partial charge in [0.05, 0.1) is 5.39 Å². The van der Waals surface area contributed by atoms with Gasteiger partial charge in [-0.25, -0.2) is 4.98 Å². The number of hydrogen-bond donors (Lipinski definition) is 0. The highest BCUT2D eigenvalue weighted by Gasteiger charge is 2.20. The maximum absolute atomic E-state index is 6.48. The van der Waals surface area contributed by atoms with Crippen LogP contribution < -0.4 is 4.90 Å². The van der Waals surface area contributed by atoms with E-state index in [0.717, 1.165) is 55.7 Å². The van der Waals surface area contributed by atoms with Crippen LogP contribution in [0.4, 0.5) is 17.1 Å². The second-order valence-corrected chi connectivity index (χ2v) is 14.6. The Morgan fingerprint density at radius 3 is 1.83 bits per heavy atom. The fourth-order valence-electron chi connectivity index (χ4n) is 7.76. The zero-order valence-corrected chi connectivity index (χ0v) is 29.8. The Balaban J connectivity index is 1.07. The van der Waals surface area contributed by atoms with Gasteiger partial charge in [0.25, 0.3) is 0 Å². The first-order chi connectivity index (χ1) is 26.7. The summed E-state index contributed by atoms with van der Waals surface area (Å²) in [6, 6.07) is 64.0. The molecule has 54 heavy (non-hydrogen) atoms. The molecule has 0 radical (unpaired) electrons. The van der Waals surface area contributed by atoms with Gasteiger partial charge in [-0.3, -0.25) is 0 Å². The smallest absolute Gasteiger partial charge is 0.227 e. The monoisotopic (exact) mass is 710 g/mol. The molecule has 0 bridgehead atoms. The summed E-state index contributed by atoms with van der Waals surface area (Å²) in [5.41, 5.74) is 11.9. The summed E-state index contributed by atoms with van der Waals surface area (Å²) in [5, 5.41) is 4.51. The van der Waals surface area contributed by atoms with E-state index in [1.54, 1.807) is 0 Å². The molecule has 8 aromatic carbocycles. The third-order valence-electron chi connectivity index (χ3n) is 10.3. The average Bonchev–Trinajstić information content (AvgIpc) is 3.95. The van der Waals surface area contributed by atoms with Gasteiger partial charge in [0.15, 0.2) is 5.58 Å². The summed E-state index contributed by atoms with van der Waals surface area (Å²) in [6.45, 7) is 0. The van der Waals surface area contributed by atoms with Crippen LogP contribution in [-0.2, 0) is 0 Å². The molecular formula is C49H30N2O2S. The fourth-order valence-corrected chi connectivity index (χ4v) is 8.90. The number of hydrogen-bond acceptors (Lipinski definition) is 5. The van der Waals surface area contributed by atoms with Crippen molar-refractivity contribution in [3.05, 3.63) is 182 Å². The fraction of sp³-hybridized carbons (Fsp3) is 0. The van der Waals surface area contributed by atoms with Crippen molar-refractivity contribution in [2.45, 2.75) is 0 Å². The number of thiophene rings is 1. The molecule has 0 aliphatic heterocycles. The van der Waals surface area contributed by atoms with E-state index < -0.39 is 0 Å². The van der Waals surface area contributed by atoms with Crippen LogP contribution in [0.3, 0.4) is 0 Å². The summed E-state index contributed by atoms with van der Waals surface area (Å²) >= 11 is 1.85. The summed E-state index contributed by atoms with van der Waals surface area (Å²) in [6.07, 6.45) is 0. The molecule has 0 fully saturated rings. The highest BCUT2D eigenvalue weighted by Crippen LogP contribution is 2.44. The lowest BCUT2D eigenvalue weighted by molar-refractivity contribution is 0.622. The van der Waals surface area contributed by atoms with Gasteiger partial charge < -0.3 is 13.7 Å². The number of oxazole rings is 1. The second-order valence-electron chi connectivity index (χ2n) is 13.5. The first kappa shape index (κ1) is 30.7. The van der Waals surface area contributed by atoms with Gasteiger partial charge in [-0.05, 0) is 101 Å². The van der Waals surface area contributed by atoms with Crippen molar-refractivity contribution in [3.63, 3.8) is 0 Å². The van der Waals surface area contributed by atoms with E-state index in [2.05, 4.69) is 144 Å². The Morgan fingerprint density at radius 2 is 1.06 bits per heavy atom. The molecule has 0 atom stereocenters. The molecule has 11 rings (SSSR count). The standard InChI is InChI=1S/C49H30N2O2S/c1-3-10-31(11-4-1)32-18-22-35(23-19-32)51(36-24-20-33(21-25-36)38-15-9-17-45-46(38)39-14-7-8-16-44(39)54-45)37-26-28-42-40(30-37)47-43(52-42)29-27-41-48(47)53-49(50-41)34-12-5-2-6-13-34/h1-30H. The largest absolute Gasteiger partial charge is 0.456 e. The molecule has 254 valence electrons. The summed E-state index contributed by atoms with van der Waals surface area (Å²) in [7, 11) is 0. The van der Waals surface area contributed by atoms with Crippen LogP contribution in [0.15, 0.2) is 191 Å². The number of nitrogens with zero attached hydrogens (tertiary/aromatic N) is 2. The van der Waals surface area contributed by atoms with E-state index in [1.807, 2.05) is 53.8 Å². The molecule has 0 unspecified atom stereocenters. The van der Waals surface area contributed by atoms with Crippen molar-refractivity contribution in [2.75, 3.05) is 4.90 Å². The molecule has 0 saturated carbocycles. The van der Waals surface area contributed by atoms with Gasteiger partial charge in [0.1, 0.15) is 16.7 Å². The number of anilines is 3. The summed E-state index contributed by atoms with van der Waals surface area (Å²) < 4.78 is 15.5. The molecule has 0 saturated heterocycles. The molecular weight excluding hydrogens is 681 g/mol. The van der Waals surface area contributed by atoms with Gasteiger partial charge >= 0.3 is 0 Å². The summed E-state index contributed by atoms with van der Waals surface area (Å²) in [5.74, 6) is 0.593. The predicted octanol–water partition coefficient (Wildman–Crippen LogP) is 14.6. The van der Waals surface area contributed by atoms with Crippen molar-refractivity contribution in [2.24, 2.45) is 0 Å². The third kappa shape index (κ3) is 5.01. The average molecular weight is 711 g/mol. The van der Waals surface area contributed by atoms with Crippen molar-refractivity contribution in [1.29, 1.82) is 0 Å². The molecule has 0 aliphatic rings.